The number of hydrogen-bond acceptors (Lipinski definition) is 8. The molecule has 9 nitrogen and oxygen atoms in total. The van der Waals surface area contributed by atoms with Crippen molar-refractivity contribution in [1.29, 1.82) is 0 Å². The number of nitrogens with one attached hydrogen (secondary N) is 3. The van der Waals surface area contributed by atoms with Gasteiger partial charge in [0.15, 0.2) is 5.82 Å². The fourth-order valence-corrected chi connectivity index (χ4v) is 4.46. The van der Waals surface area contributed by atoms with E-state index in [0.717, 1.165) is 57.1 Å². The van der Waals surface area contributed by atoms with Crippen LogP contribution in [0.3, 0.4) is 0 Å². The maximum atomic E-state index is 12.6. The number of hydrogen-bond donors (Lipinski definition) is 4. The number of benzene rings is 2. The number of morpholine rings is 1. The van der Waals surface area contributed by atoms with E-state index in [1.54, 1.807) is 18.3 Å². The van der Waals surface area contributed by atoms with Gasteiger partial charge < -0.3 is 26.4 Å². The predicted molar refractivity (Wildman–Crippen MR) is 138 cm³/mol. The molecule has 1 aliphatic carbocycles. The minimum atomic E-state index is -0.112. The summed E-state index contributed by atoms with van der Waals surface area (Å²) in [5, 5.41) is 9.49. The van der Waals surface area contributed by atoms with Crippen LogP contribution in [0.2, 0.25) is 0 Å². The molecule has 3 aromatic rings. The van der Waals surface area contributed by atoms with Crippen LogP contribution >= 0.6 is 0 Å². The van der Waals surface area contributed by atoms with Crippen LogP contribution in [0.25, 0.3) is 0 Å². The Kier molecular flexibility index (Phi) is 7.06. The zero-order valence-corrected chi connectivity index (χ0v) is 19.7. The van der Waals surface area contributed by atoms with Crippen molar-refractivity contribution in [2.45, 2.75) is 19.3 Å². The topological polar surface area (TPSA) is 117 Å². The number of aryl methyl sites for hydroxylation is 2. The first-order valence-corrected chi connectivity index (χ1v) is 12.1. The van der Waals surface area contributed by atoms with Crippen LogP contribution in [-0.2, 0) is 17.6 Å². The maximum absolute atomic E-state index is 12.6. The van der Waals surface area contributed by atoms with Crippen molar-refractivity contribution in [3.8, 4) is 0 Å². The smallest absolute Gasteiger partial charge is 0.251 e. The second-order valence-corrected chi connectivity index (χ2v) is 8.88. The summed E-state index contributed by atoms with van der Waals surface area (Å²) in [5.41, 5.74) is 11.6. The van der Waals surface area contributed by atoms with E-state index in [9.17, 15) is 4.79 Å². The number of rotatable bonds is 8. The highest BCUT2D eigenvalue weighted by Crippen LogP contribution is 2.28. The van der Waals surface area contributed by atoms with Crippen molar-refractivity contribution < 1.29 is 9.53 Å². The average molecular weight is 474 g/mol. The Balaban J connectivity index is 1.21. The third-order valence-electron chi connectivity index (χ3n) is 6.38. The fraction of sp³-hybridized carbons (Fsp3) is 0.346. The van der Waals surface area contributed by atoms with Crippen molar-refractivity contribution in [1.82, 2.24) is 20.2 Å². The second kappa shape index (κ2) is 10.7. The average Bonchev–Trinajstić information content (AvgIpc) is 3.35. The quantitative estimate of drug-likeness (QED) is 0.394. The third kappa shape index (κ3) is 5.87. The summed E-state index contributed by atoms with van der Waals surface area (Å²) in [5.74, 6) is 0.823. The van der Waals surface area contributed by atoms with E-state index in [-0.39, 0.29) is 5.91 Å². The number of nitrogens with two attached hydrogens (primary N) is 1. The van der Waals surface area contributed by atoms with Crippen LogP contribution in [-0.4, -0.2) is 60.2 Å². The minimum Gasteiger partial charge on any atom is -0.394 e. The Bertz CT molecular complexity index is 1190. The lowest BCUT2D eigenvalue weighted by Crippen LogP contribution is -2.41. The number of amides is 1. The highest BCUT2D eigenvalue weighted by molar-refractivity contribution is 5.95. The van der Waals surface area contributed by atoms with Gasteiger partial charge in [-0.1, -0.05) is 12.1 Å². The molecule has 5 rings (SSSR count). The summed E-state index contributed by atoms with van der Waals surface area (Å²) in [6.45, 7) is 4.71. The van der Waals surface area contributed by atoms with E-state index in [1.807, 2.05) is 12.1 Å². The summed E-state index contributed by atoms with van der Waals surface area (Å²) in [4.78, 5) is 23.8. The molecule has 1 aliphatic heterocycles. The maximum Gasteiger partial charge on any atom is 0.251 e. The van der Waals surface area contributed by atoms with Crippen LogP contribution in [0.15, 0.2) is 48.7 Å². The Hall–Kier alpha value is -3.69. The number of fused-ring (bicyclic) bond motifs is 1. The van der Waals surface area contributed by atoms with Crippen molar-refractivity contribution in [2.75, 3.05) is 55.8 Å². The second-order valence-electron chi connectivity index (χ2n) is 8.88. The van der Waals surface area contributed by atoms with E-state index < -0.39 is 0 Å². The molecule has 35 heavy (non-hydrogen) atoms. The molecule has 0 spiro atoms. The van der Waals surface area contributed by atoms with Gasteiger partial charge in [0, 0.05) is 43.1 Å². The molecule has 0 unspecified atom stereocenters. The van der Waals surface area contributed by atoms with Crippen molar-refractivity contribution >= 4 is 34.7 Å². The zero-order valence-electron chi connectivity index (χ0n) is 19.7. The van der Waals surface area contributed by atoms with Gasteiger partial charge in [0.1, 0.15) is 0 Å². The normalized spacial score (nSPS) is 15.4. The lowest BCUT2D eigenvalue weighted by molar-refractivity contribution is 0.0383. The number of anilines is 5. The Morgan fingerprint density at radius 2 is 1.86 bits per heavy atom. The summed E-state index contributed by atoms with van der Waals surface area (Å²) in [6.07, 6.45) is 5.03. The Labute approximate surface area is 205 Å². The number of ether oxygens (including phenoxy) is 1. The Morgan fingerprint density at radius 1 is 1.03 bits per heavy atom. The van der Waals surface area contributed by atoms with E-state index in [4.69, 9.17) is 10.5 Å². The van der Waals surface area contributed by atoms with Crippen LogP contribution in [0.5, 0.6) is 0 Å². The summed E-state index contributed by atoms with van der Waals surface area (Å²) < 4.78 is 5.36. The molecule has 9 heteroatoms. The molecule has 0 radical (unpaired) electrons. The molecule has 2 aliphatic rings. The molecular weight excluding hydrogens is 442 g/mol. The standard InChI is InChI=1S/C26H31N7O2/c27-23-17-29-26(32-24(23)30-22-8-7-18-3-1-4-19(18)15-22)31-21-6-2-5-20(16-21)25(34)28-9-10-33-11-13-35-14-12-33/h2,5-8,15-17H,1,3-4,9-14,27H2,(H,28,34)(H2,29,30,31,32). The first-order valence-electron chi connectivity index (χ1n) is 12.1. The zero-order chi connectivity index (χ0) is 24.0. The Morgan fingerprint density at radius 3 is 2.74 bits per heavy atom. The van der Waals surface area contributed by atoms with E-state index in [0.29, 0.717) is 29.6 Å². The molecule has 0 saturated carbocycles. The highest BCUT2D eigenvalue weighted by atomic mass is 16.5. The number of aromatic nitrogens is 2. The van der Waals surface area contributed by atoms with Crippen molar-refractivity contribution in [2.24, 2.45) is 0 Å². The van der Waals surface area contributed by atoms with Crippen LogP contribution in [0.4, 0.5) is 28.8 Å². The van der Waals surface area contributed by atoms with Gasteiger partial charge in [-0.25, -0.2) is 4.98 Å². The van der Waals surface area contributed by atoms with Crippen LogP contribution in [0.1, 0.15) is 27.9 Å². The molecule has 182 valence electrons. The number of carbonyl (C=O) groups excluding carboxylic acids is 1. The molecule has 2 heterocycles. The van der Waals surface area contributed by atoms with Crippen molar-refractivity contribution in [3.63, 3.8) is 0 Å². The van der Waals surface area contributed by atoms with Crippen LogP contribution < -0.4 is 21.7 Å². The van der Waals surface area contributed by atoms with Gasteiger partial charge in [0.05, 0.1) is 25.1 Å². The van der Waals surface area contributed by atoms with E-state index >= 15 is 0 Å². The monoisotopic (exact) mass is 473 g/mol. The lowest BCUT2D eigenvalue weighted by atomic mass is 10.1. The number of nitrogens with zero attached hydrogens (tertiary/aromatic N) is 3. The summed E-state index contributed by atoms with van der Waals surface area (Å²) >= 11 is 0. The molecule has 0 atom stereocenters. The van der Waals surface area contributed by atoms with Crippen molar-refractivity contribution in [3.05, 3.63) is 65.4 Å². The predicted octanol–water partition coefficient (Wildman–Crippen LogP) is 3.10. The summed E-state index contributed by atoms with van der Waals surface area (Å²) in [7, 11) is 0. The van der Waals surface area contributed by atoms with E-state index in [2.05, 4.69) is 49.0 Å². The fourth-order valence-electron chi connectivity index (χ4n) is 4.46. The molecule has 1 amide bonds. The minimum absolute atomic E-state index is 0.112. The van der Waals surface area contributed by atoms with Gasteiger partial charge in [-0.2, -0.15) is 4.98 Å². The molecule has 1 saturated heterocycles. The molecule has 5 N–H and O–H groups in total. The molecule has 1 aromatic heterocycles. The third-order valence-corrected chi connectivity index (χ3v) is 6.38. The van der Waals surface area contributed by atoms with Gasteiger partial charge in [-0.15, -0.1) is 0 Å². The van der Waals surface area contributed by atoms with Gasteiger partial charge in [0.2, 0.25) is 5.95 Å². The molecule has 2 aromatic carbocycles. The van der Waals surface area contributed by atoms with Gasteiger partial charge >= 0.3 is 0 Å². The van der Waals surface area contributed by atoms with E-state index in [1.165, 1.54) is 17.5 Å². The number of carbonyl (C=O) groups is 1. The largest absolute Gasteiger partial charge is 0.394 e. The van der Waals surface area contributed by atoms with Gasteiger partial charge in [0.25, 0.3) is 5.91 Å². The van der Waals surface area contributed by atoms with Gasteiger partial charge in [-0.3, -0.25) is 9.69 Å². The lowest BCUT2D eigenvalue weighted by Gasteiger charge is -2.26. The molecular formula is C26H31N7O2. The van der Waals surface area contributed by atoms with Gasteiger partial charge in [-0.05, 0) is 60.7 Å². The molecule has 1 fully saturated rings. The highest BCUT2D eigenvalue weighted by Gasteiger charge is 2.13. The SMILES string of the molecule is Nc1cnc(Nc2cccc(C(=O)NCCN3CCOCC3)c2)nc1Nc1ccc2c(c1)CCC2. The number of nitrogen functional groups attached to an aromatic ring is 1. The molecule has 0 bridgehead atoms. The summed E-state index contributed by atoms with van der Waals surface area (Å²) in [6, 6.07) is 13.7. The first-order chi connectivity index (χ1) is 17.1. The first kappa shape index (κ1) is 23.1. The van der Waals surface area contributed by atoms with Crippen LogP contribution in [0, 0.1) is 0 Å².